The first-order chi connectivity index (χ1) is 12.0. The minimum absolute atomic E-state index is 0.0993. The summed E-state index contributed by atoms with van der Waals surface area (Å²) >= 11 is 5.96. The third-order valence-corrected chi connectivity index (χ3v) is 5.66. The molecule has 0 saturated carbocycles. The summed E-state index contributed by atoms with van der Waals surface area (Å²) in [4.78, 5) is 12.1. The standard InChI is InChI=1S/C17H16ClNO5S/c18-13-3-1-2-4-14(13)19-17(20)7-10-25(21,22)12-5-6-15-16(11-12)24-9-8-23-15/h1-6,11H,7-10H2,(H,19,20). The van der Waals surface area contributed by atoms with E-state index in [1.165, 1.54) is 12.1 Å². The van der Waals surface area contributed by atoms with Crippen molar-refractivity contribution in [3.05, 3.63) is 47.5 Å². The van der Waals surface area contributed by atoms with E-state index in [9.17, 15) is 13.2 Å². The molecule has 0 radical (unpaired) electrons. The number of hydrogen-bond acceptors (Lipinski definition) is 5. The molecule has 0 atom stereocenters. The van der Waals surface area contributed by atoms with Gasteiger partial charge in [0.1, 0.15) is 13.2 Å². The van der Waals surface area contributed by atoms with Crippen molar-refractivity contribution in [2.75, 3.05) is 24.3 Å². The molecule has 0 aromatic heterocycles. The first-order valence-corrected chi connectivity index (χ1v) is 9.65. The molecule has 0 fully saturated rings. The number of carbonyl (C=O) groups excluding carboxylic acids is 1. The molecular formula is C17H16ClNO5S. The molecule has 1 N–H and O–H groups in total. The second-order valence-electron chi connectivity index (χ2n) is 5.40. The van der Waals surface area contributed by atoms with Crippen LogP contribution in [-0.2, 0) is 14.6 Å². The lowest BCUT2D eigenvalue weighted by Crippen LogP contribution is -2.18. The molecule has 0 saturated heterocycles. The highest BCUT2D eigenvalue weighted by atomic mass is 35.5. The van der Waals surface area contributed by atoms with E-state index in [1.807, 2.05) is 0 Å². The van der Waals surface area contributed by atoms with Crippen molar-refractivity contribution in [3.8, 4) is 11.5 Å². The highest BCUT2D eigenvalue weighted by Gasteiger charge is 2.20. The van der Waals surface area contributed by atoms with Crippen LogP contribution in [0.3, 0.4) is 0 Å². The van der Waals surface area contributed by atoms with Gasteiger partial charge in [-0.3, -0.25) is 4.79 Å². The molecule has 1 amide bonds. The summed E-state index contributed by atoms with van der Waals surface area (Å²) in [5.74, 6) is 0.173. The minimum atomic E-state index is -3.62. The molecule has 3 rings (SSSR count). The Balaban J connectivity index is 1.65. The van der Waals surface area contributed by atoms with Crippen LogP contribution in [0.2, 0.25) is 5.02 Å². The number of carbonyl (C=O) groups is 1. The molecule has 6 nitrogen and oxygen atoms in total. The molecule has 132 valence electrons. The van der Waals surface area contributed by atoms with Crippen molar-refractivity contribution in [1.82, 2.24) is 0 Å². The second kappa shape index (κ2) is 7.33. The number of amides is 1. The van der Waals surface area contributed by atoms with Gasteiger partial charge in [-0.05, 0) is 24.3 Å². The molecular weight excluding hydrogens is 366 g/mol. The van der Waals surface area contributed by atoms with Gasteiger partial charge in [0, 0.05) is 12.5 Å². The highest BCUT2D eigenvalue weighted by Crippen LogP contribution is 2.32. The molecule has 2 aromatic carbocycles. The van der Waals surface area contributed by atoms with Gasteiger partial charge >= 0.3 is 0 Å². The van der Waals surface area contributed by atoms with Crippen molar-refractivity contribution < 1.29 is 22.7 Å². The van der Waals surface area contributed by atoms with Gasteiger partial charge < -0.3 is 14.8 Å². The van der Waals surface area contributed by atoms with Gasteiger partial charge in [-0.2, -0.15) is 0 Å². The zero-order valence-electron chi connectivity index (χ0n) is 13.2. The first-order valence-electron chi connectivity index (χ1n) is 7.62. The minimum Gasteiger partial charge on any atom is -0.486 e. The molecule has 8 heteroatoms. The van der Waals surface area contributed by atoms with Crippen molar-refractivity contribution in [2.24, 2.45) is 0 Å². The lowest BCUT2D eigenvalue weighted by molar-refractivity contribution is -0.115. The van der Waals surface area contributed by atoms with E-state index in [1.54, 1.807) is 30.3 Å². The van der Waals surface area contributed by atoms with Crippen LogP contribution >= 0.6 is 11.6 Å². The quantitative estimate of drug-likeness (QED) is 0.861. The number of sulfone groups is 1. The van der Waals surface area contributed by atoms with E-state index in [0.717, 1.165) is 0 Å². The fourth-order valence-corrected chi connectivity index (χ4v) is 3.77. The Morgan fingerprint density at radius 1 is 1.08 bits per heavy atom. The van der Waals surface area contributed by atoms with Crippen molar-refractivity contribution in [2.45, 2.75) is 11.3 Å². The molecule has 1 aliphatic rings. The number of rotatable bonds is 5. The monoisotopic (exact) mass is 381 g/mol. The average molecular weight is 382 g/mol. The number of nitrogens with one attached hydrogen (secondary N) is 1. The fraction of sp³-hybridized carbons (Fsp3) is 0.235. The predicted molar refractivity (Wildman–Crippen MR) is 94.2 cm³/mol. The number of hydrogen-bond donors (Lipinski definition) is 1. The predicted octanol–water partition coefficient (Wildman–Crippen LogP) is 2.91. The zero-order valence-corrected chi connectivity index (χ0v) is 14.8. The normalized spacial score (nSPS) is 13.3. The number of halogens is 1. The van der Waals surface area contributed by atoms with Gasteiger partial charge in [0.25, 0.3) is 0 Å². The van der Waals surface area contributed by atoms with E-state index in [0.29, 0.717) is 35.4 Å². The van der Waals surface area contributed by atoms with Crippen LogP contribution < -0.4 is 14.8 Å². The molecule has 0 unspecified atom stereocenters. The number of ether oxygens (including phenoxy) is 2. The highest BCUT2D eigenvalue weighted by molar-refractivity contribution is 7.91. The molecule has 25 heavy (non-hydrogen) atoms. The van der Waals surface area contributed by atoms with Crippen LogP contribution in [-0.4, -0.2) is 33.3 Å². The molecule has 2 aromatic rings. The summed E-state index contributed by atoms with van der Waals surface area (Å²) in [5, 5.41) is 3.00. The van der Waals surface area contributed by atoms with Crippen molar-refractivity contribution in [1.29, 1.82) is 0 Å². The molecule has 0 bridgehead atoms. The number of fused-ring (bicyclic) bond motifs is 1. The molecule has 0 aliphatic carbocycles. The third kappa shape index (κ3) is 4.24. The van der Waals surface area contributed by atoms with Crippen LogP contribution in [0.5, 0.6) is 11.5 Å². The van der Waals surface area contributed by atoms with Crippen LogP contribution in [0.25, 0.3) is 0 Å². The van der Waals surface area contributed by atoms with E-state index >= 15 is 0 Å². The molecule has 1 aliphatic heterocycles. The number of para-hydroxylation sites is 1. The zero-order chi connectivity index (χ0) is 17.9. The summed E-state index contributed by atoms with van der Waals surface area (Å²) in [6, 6.07) is 11.2. The van der Waals surface area contributed by atoms with Crippen LogP contribution in [0, 0.1) is 0 Å². The summed E-state index contributed by atoms with van der Waals surface area (Å²) in [7, 11) is -3.62. The average Bonchev–Trinajstić information content (AvgIpc) is 2.62. The van der Waals surface area contributed by atoms with E-state index in [2.05, 4.69) is 5.32 Å². The maximum atomic E-state index is 12.4. The maximum absolute atomic E-state index is 12.4. The number of benzene rings is 2. The Kier molecular flexibility index (Phi) is 5.15. The number of anilines is 1. The topological polar surface area (TPSA) is 81.7 Å². The van der Waals surface area contributed by atoms with Gasteiger partial charge in [0.2, 0.25) is 5.91 Å². The van der Waals surface area contributed by atoms with Gasteiger partial charge in [-0.25, -0.2) is 8.42 Å². The van der Waals surface area contributed by atoms with Gasteiger partial charge in [-0.15, -0.1) is 0 Å². The Hall–Kier alpha value is -2.25. The molecule has 1 heterocycles. The Morgan fingerprint density at radius 2 is 1.80 bits per heavy atom. The Bertz CT molecular complexity index is 898. The van der Waals surface area contributed by atoms with E-state index < -0.39 is 15.7 Å². The van der Waals surface area contributed by atoms with Crippen LogP contribution in [0.15, 0.2) is 47.4 Å². The third-order valence-electron chi connectivity index (χ3n) is 3.62. The summed E-state index contributed by atoms with van der Waals surface area (Å²) in [5.41, 5.74) is 0.450. The second-order valence-corrected chi connectivity index (χ2v) is 7.92. The maximum Gasteiger partial charge on any atom is 0.225 e. The van der Waals surface area contributed by atoms with Crippen molar-refractivity contribution in [3.63, 3.8) is 0 Å². The fourth-order valence-electron chi connectivity index (χ4n) is 2.34. The Morgan fingerprint density at radius 3 is 2.56 bits per heavy atom. The van der Waals surface area contributed by atoms with Crippen molar-refractivity contribution >= 4 is 33.0 Å². The first kappa shape index (κ1) is 17.6. The van der Waals surface area contributed by atoms with Crippen LogP contribution in [0.1, 0.15) is 6.42 Å². The summed E-state index contributed by atoms with van der Waals surface area (Å²) in [6.45, 7) is 0.804. The lowest BCUT2D eigenvalue weighted by atomic mass is 10.3. The molecule has 0 spiro atoms. The smallest absolute Gasteiger partial charge is 0.225 e. The SMILES string of the molecule is O=C(CCS(=O)(=O)c1ccc2c(c1)OCCO2)Nc1ccccc1Cl. The van der Waals surface area contributed by atoms with Gasteiger partial charge in [0.05, 0.1) is 21.4 Å². The van der Waals surface area contributed by atoms with E-state index in [4.69, 9.17) is 21.1 Å². The largest absolute Gasteiger partial charge is 0.486 e. The van der Waals surface area contributed by atoms with Gasteiger partial charge in [0.15, 0.2) is 21.3 Å². The summed E-state index contributed by atoms with van der Waals surface area (Å²) < 4.78 is 35.6. The van der Waals surface area contributed by atoms with Gasteiger partial charge in [-0.1, -0.05) is 23.7 Å². The summed E-state index contributed by atoms with van der Waals surface area (Å²) in [6.07, 6.45) is -0.179. The lowest BCUT2D eigenvalue weighted by Gasteiger charge is -2.18. The Labute approximate surface area is 150 Å². The van der Waals surface area contributed by atoms with Crippen LogP contribution in [0.4, 0.5) is 5.69 Å². The van der Waals surface area contributed by atoms with E-state index in [-0.39, 0.29) is 17.1 Å².